The smallest absolute Gasteiger partial charge is 0.140 e. The number of aromatic nitrogens is 2. The molecule has 0 saturated heterocycles. The fraction of sp³-hybridized carbons (Fsp3) is 0.133. The molecule has 0 atom stereocenters. The van der Waals surface area contributed by atoms with Crippen LogP contribution in [0.3, 0.4) is 0 Å². The molecule has 6 heteroatoms. The maximum atomic E-state index is 7.79. The maximum absolute atomic E-state index is 7.79. The third-order valence-corrected chi connectivity index (χ3v) is 3.87. The molecular formula is C15H15N5S. The van der Waals surface area contributed by atoms with Crippen LogP contribution in [0.25, 0.3) is 10.9 Å². The quantitative estimate of drug-likeness (QED) is 0.573. The van der Waals surface area contributed by atoms with Crippen LogP contribution in [0.15, 0.2) is 41.2 Å². The lowest BCUT2D eigenvalue weighted by Gasteiger charge is -2.20. The SMILES string of the molecule is CN(Cc1cscn1)c1nc2ccccc2cc1C(=N)N. The Kier molecular flexibility index (Phi) is 3.53. The molecule has 21 heavy (non-hydrogen) atoms. The molecule has 0 spiro atoms. The number of nitrogens with two attached hydrogens (primary N) is 1. The van der Waals surface area contributed by atoms with Crippen LogP contribution in [0.5, 0.6) is 0 Å². The molecule has 2 heterocycles. The van der Waals surface area contributed by atoms with Crippen LogP contribution in [0, 0.1) is 5.41 Å². The van der Waals surface area contributed by atoms with Crippen LogP contribution in [0.2, 0.25) is 0 Å². The van der Waals surface area contributed by atoms with E-state index in [0.29, 0.717) is 17.9 Å². The summed E-state index contributed by atoms with van der Waals surface area (Å²) in [5.41, 5.74) is 10.0. The molecule has 0 aliphatic rings. The van der Waals surface area contributed by atoms with E-state index in [1.807, 2.05) is 53.2 Å². The minimum absolute atomic E-state index is 0.0216. The number of amidine groups is 1. The third kappa shape index (κ3) is 2.71. The molecule has 3 rings (SSSR count). The van der Waals surface area contributed by atoms with Gasteiger partial charge in [-0.15, -0.1) is 11.3 Å². The fourth-order valence-electron chi connectivity index (χ4n) is 2.23. The number of nitrogen functional groups attached to an aromatic ring is 1. The van der Waals surface area contributed by atoms with Crippen molar-refractivity contribution in [1.29, 1.82) is 5.41 Å². The van der Waals surface area contributed by atoms with Gasteiger partial charge >= 0.3 is 0 Å². The van der Waals surface area contributed by atoms with Crippen molar-refractivity contribution >= 4 is 33.9 Å². The van der Waals surface area contributed by atoms with Gasteiger partial charge in [-0.05, 0) is 12.1 Å². The summed E-state index contributed by atoms with van der Waals surface area (Å²) in [7, 11) is 1.93. The number of pyridine rings is 1. The Morgan fingerprint density at radius 3 is 2.90 bits per heavy atom. The maximum Gasteiger partial charge on any atom is 0.140 e. The number of fused-ring (bicyclic) bond motifs is 1. The van der Waals surface area contributed by atoms with Gasteiger partial charge in [0.25, 0.3) is 0 Å². The van der Waals surface area contributed by atoms with Crippen molar-refractivity contribution in [1.82, 2.24) is 9.97 Å². The molecule has 0 radical (unpaired) electrons. The van der Waals surface area contributed by atoms with E-state index in [2.05, 4.69) is 9.97 Å². The van der Waals surface area contributed by atoms with E-state index in [4.69, 9.17) is 11.1 Å². The second-order valence-corrected chi connectivity index (χ2v) is 5.52. The highest BCUT2D eigenvalue weighted by molar-refractivity contribution is 7.07. The third-order valence-electron chi connectivity index (χ3n) is 3.24. The number of para-hydroxylation sites is 1. The monoisotopic (exact) mass is 297 g/mol. The van der Waals surface area contributed by atoms with Gasteiger partial charge in [0.2, 0.25) is 0 Å². The van der Waals surface area contributed by atoms with E-state index in [1.165, 1.54) is 0 Å². The Morgan fingerprint density at radius 2 is 2.19 bits per heavy atom. The van der Waals surface area contributed by atoms with Gasteiger partial charge in [-0.25, -0.2) is 9.97 Å². The topological polar surface area (TPSA) is 78.9 Å². The molecule has 0 aliphatic carbocycles. The van der Waals surface area contributed by atoms with Crippen LogP contribution in [0.4, 0.5) is 5.82 Å². The van der Waals surface area contributed by atoms with Gasteiger partial charge in [0.15, 0.2) is 0 Å². The van der Waals surface area contributed by atoms with E-state index < -0.39 is 0 Å². The minimum Gasteiger partial charge on any atom is -0.384 e. The number of hydrogen-bond donors (Lipinski definition) is 2. The summed E-state index contributed by atoms with van der Waals surface area (Å²) < 4.78 is 0. The lowest BCUT2D eigenvalue weighted by molar-refractivity contribution is 0.876. The molecule has 0 amide bonds. The molecule has 5 nitrogen and oxygen atoms in total. The summed E-state index contributed by atoms with van der Waals surface area (Å²) in [6.07, 6.45) is 0. The number of nitrogens with one attached hydrogen (secondary N) is 1. The molecule has 0 aliphatic heterocycles. The van der Waals surface area contributed by atoms with E-state index in [0.717, 1.165) is 16.6 Å². The summed E-state index contributed by atoms with van der Waals surface area (Å²) >= 11 is 1.56. The molecule has 0 bridgehead atoms. The van der Waals surface area contributed by atoms with Gasteiger partial charge < -0.3 is 10.6 Å². The first-order chi connectivity index (χ1) is 10.1. The standard InChI is InChI=1S/C15H15N5S/c1-20(7-11-8-21-9-18-11)15-12(14(16)17)6-10-4-2-3-5-13(10)19-15/h2-6,8-9H,7H2,1H3,(H3,16,17). The number of hydrogen-bond acceptors (Lipinski definition) is 5. The molecule has 1 aromatic carbocycles. The molecule has 3 aromatic rings. The molecule has 0 saturated carbocycles. The first-order valence-corrected chi connectivity index (χ1v) is 7.42. The zero-order chi connectivity index (χ0) is 14.8. The Bertz CT molecular complexity index is 782. The van der Waals surface area contributed by atoms with E-state index in [9.17, 15) is 0 Å². The summed E-state index contributed by atoms with van der Waals surface area (Å²) in [6, 6.07) is 9.75. The first kappa shape index (κ1) is 13.5. The Labute approximate surface area is 126 Å². The van der Waals surface area contributed by atoms with Crippen LogP contribution in [-0.4, -0.2) is 22.9 Å². The number of benzene rings is 1. The van der Waals surface area contributed by atoms with Crippen molar-refractivity contribution < 1.29 is 0 Å². The van der Waals surface area contributed by atoms with Crippen molar-refractivity contribution in [3.05, 3.63) is 52.5 Å². The zero-order valence-corrected chi connectivity index (χ0v) is 12.4. The van der Waals surface area contributed by atoms with Crippen LogP contribution in [0.1, 0.15) is 11.3 Å². The normalized spacial score (nSPS) is 10.7. The number of anilines is 1. The predicted octanol–water partition coefficient (Wildman–Crippen LogP) is 2.61. The number of rotatable bonds is 4. The summed E-state index contributed by atoms with van der Waals surface area (Å²) in [5.74, 6) is 0.725. The van der Waals surface area contributed by atoms with Crippen molar-refractivity contribution in [2.45, 2.75) is 6.54 Å². The largest absolute Gasteiger partial charge is 0.384 e. The first-order valence-electron chi connectivity index (χ1n) is 6.47. The van der Waals surface area contributed by atoms with Gasteiger partial charge in [0.1, 0.15) is 11.7 Å². The Morgan fingerprint density at radius 1 is 1.38 bits per heavy atom. The zero-order valence-electron chi connectivity index (χ0n) is 11.6. The van der Waals surface area contributed by atoms with Crippen molar-refractivity contribution in [3.63, 3.8) is 0 Å². The van der Waals surface area contributed by atoms with Crippen molar-refractivity contribution in [3.8, 4) is 0 Å². The number of nitrogens with zero attached hydrogens (tertiary/aromatic N) is 3. The van der Waals surface area contributed by atoms with Crippen molar-refractivity contribution in [2.24, 2.45) is 5.73 Å². The highest BCUT2D eigenvalue weighted by Gasteiger charge is 2.14. The van der Waals surface area contributed by atoms with Gasteiger partial charge in [-0.2, -0.15) is 0 Å². The van der Waals surface area contributed by atoms with Gasteiger partial charge in [0, 0.05) is 17.8 Å². The van der Waals surface area contributed by atoms with Crippen LogP contribution < -0.4 is 10.6 Å². The lowest BCUT2D eigenvalue weighted by atomic mass is 10.1. The average molecular weight is 297 g/mol. The molecule has 106 valence electrons. The molecule has 3 N–H and O–H groups in total. The van der Waals surface area contributed by atoms with Gasteiger partial charge in [0.05, 0.1) is 28.8 Å². The molecule has 2 aromatic heterocycles. The molecular weight excluding hydrogens is 282 g/mol. The molecule has 0 unspecified atom stereocenters. The fourth-order valence-corrected chi connectivity index (χ4v) is 2.78. The van der Waals surface area contributed by atoms with E-state index in [-0.39, 0.29) is 5.84 Å². The van der Waals surface area contributed by atoms with Crippen LogP contribution >= 0.6 is 11.3 Å². The number of thiazole rings is 1. The second kappa shape index (κ2) is 5.49. The summed E-state index contributed by atoms with van der Waals surface area (Å²) in [5, 5.41) is 10.8. The summed E-state index contributed by atoms with van der Waals surface area (Å²) in [6.45, 7) is 0.634. The van der Waals surface area contributed by atoms with Crippen LogP contribution in [-0.2, 0) is 6.54 Å². The highest BCUT2D eigenvalue weighted by atomic mass is 32.1. The predicted molar refractivity (Wildman–Crippen MR) is 87.0 cm³/mol. The Hall–Kier alpha value is -2.47. The minimum atomic E-state index is 0.0216. The van der Waals surface area contributed by atoms with E-state index in [1.54, 1.807) is 11.3 Å². The summed E-state index contributed by atoms with van der Waals surface area (Å²) in [4.78, 5) is 10.9. The van der Waals surface area contributed by atoms with E-state index >= 15 is 0 Å². The molecule has 0 fully saturated rings. The lowest BCUT2D eigenvalue weighted by Crippen LogP contribution is -2.23. The van der Waals surface area contributed by atoms with Crippen molar-refractivity contribution in [2.75, 3.05) is 11.9 Å². The second-order valence-electron chi connectivity index (χ2n) is 4.80. The van der Waals surface area contributed by atoms with Gasteiger partial charge in [-0.1, -0.05) is 18.2 Å². The Balaban J connectivity index is 2.06. The average Bonchev–Trinajstić information content (AvgIpc) is 2.98. The van der Waals surface area contributed by atoms with Gasteiger partial charge in [-0.3, -0.25) is 5.41 Å². The highest BCUT2D eigenvalue weighted by Crippen LogP contribution is 2.23.